The van der Waals surface area contributed by atoms with Gasteiger partial charge in [0.05, 0.1) is 5.69 Å². The predicted octanol–water partition coefficient (Wildman–Crippen LogP) is 5.07. The summed E-state index contributed by atoms with van der Waals surface area (Å²) >= 11 is 0. The molecule has 1 aromatic heterocycles. The zero-order chi connectivity index (χ0) is 13.4. The summed E-state index contributed by atoms with van der Waals surface area (Å²) in [6.45, 7) is 0. The molecule has 1 heterocycles. The van der Waals surface area contributed by atoms with Crippen LogP contribution in [0.4, 0.5) is 0 Å². The van der Waals surface area contributed by atoms with Crippen molar-refractivity contribution in [2.24, 2.45) is 0 Å². The van der Waals surface area contributed by atoms with Crippen LogP contribution in [0.2, 0.25) is 0 Å². The summed E-state index contributed by atoms with van der Waals surface area (Å²) in [6, 6.07) is 23.1. The summed E-state index contributed by atoms with van der Waals surface area (Å²) in [4.78, 5) is 4.55. The van der Waals surface area contributed by atoms with Gasteiger partial charge in [-0.2, -0.15) is 0 Å². The van der Waals surface area contributed by atoms with E-state index in [4.69, 9.17) is 0 Å². The second-order valence-electron chi connectivity index (χ2n) is 4.91. The van der Waals surface area contributed by atoms with Crippen molar-refractivity contribution in [1.29, 1.82) is 0 Å². The lowest BCUT2D eigenvalue weighted by Gasteiger charge is -2.02. The van der Waals surface area contributed by atoms with Gasteiger partial charge in [0, 0.05) is 17.3 Å². The molecule has 0 atom stereocenters. The van der Waals surface area contributed by atoms with Gasteiger partial charge in [-0.15, -0.1) is 12.4 Å². The van der Waals surface area contributed by atoms with E-state index >= 15 is 0 Å². The van der Waals surface area contributed by atoms with E-state index in [1.54, 1.807) is 0 Å². The largest absolute Gasteiger partial charge is 0.256 e. The molecule has 2 aromatic carbocycles. The van der Waals surface area contributed by atoms with Gasteiger partial charge in [0.1, 0.15) is 0 Å². The Hall–Kier alpha value is -2.38. The first-order valence-electron chi connectivity index (χ1n) is 6.75. The minimum absolute atomic E-state index is 0. The van der Waals surface area contributed by atoms with Crippen molar-refractivity contribution < 1.29 is 0 Å². The Morgan fingerprint density at radius 3 is 2.14 bits per heavy atom. The van der Waals surface area contributed by atoms with Crippen LogP contribution in [0.15, 0.2) is 72.9 Å². The molecule has 1 aliphatic carbocycles. The third-order valence-electron chi connectivity index (χ3n) is 3.68. The van der Waals surface area contributed by atoms with Crippen LogP contribution in [-0.2, 0) is 0 Å². The van der Waals surface area contributed by atoms with E-state index in [2.05, 4.69) is 65.7 Å². The van der Waals surface area contributed by atoms with Crippen molar-refractivity contribution in [1.82, 2.24) is 4.98 Å². The van der Waals surface area contributed by atoms with Gasteiger partial charge in [-0.3, -0.25) is 4.98 Å². The molecule has 21 heavy (non-hydrogen) atoms. The van der Waals surface area contributed by atoms with E-state index in [0.29, 0.717) is 0 Å². The number of nitrogens with zero attached hydrogens (tertiary/aromatic N) is 1. The summed E-state index contributed by atoms with van der Waals surface area (Å²) in [6.07, 6.45) is 4.10. The normalized spacial score (nSPS) is 13.4. The molecule has 0 amide bonds. The van der Waals surface area contributed by atoms with Crippen LogP contribution in [0.25, 0.3) is 22.9 Å². The summed E-state index contributed by atoms with van der Waals surface area (Å²) in [5.41, 5.74) is 7.28. The number of hydrogen-bond acceptors (Lipinski definition) is 1. The fraction of sp³-hybridized carbons (Fsp3) is 0. The maximum Gasteiger partial charge on any atom is 0.0786 e. The summed E-state index contributed by atoms with van der Waals surface area (Å²) in [5.74, 6) is 0. The highest BCUT2D eigenvalue weighted by atomic mass is 35.5. The second-order valence-corrected chi connectivity index (χ2v) is 4.91. The van der Waals surface area contributed by atoms with Gasteiger partial charge in [0.2, 0.25) is 0 Å². The van der Waals surface area contributed by atoms with Gasteiger partial charge < -0.3 is 0 Å². The Morgan fingerprint density at radius 2 is 1.33 bits per heavy atom. The Labute approximate surface area is 130 Å². The Bertz CT molecular complexity index is 759. The van der Waals surface area contributed by atoms with Crippen LogP contribution in [0.5, 0.6) is 0 Å². The van der Waals surface area contributed by atoms with Crippen molar-refractivity contribution in [2.45, 2.75) is 0 Å². The zero-order valence-corrected chi connectivity index (χ0v) is 12.2. The molecule has 0 bridgehead atoms. The van der Waals surface area contributed by atoms with Gasteiger partial charge in [-0.1, -0.05) is 60.7 Å². The fourth-order valence-electron chi connectivity index (χ4n) is 2.78. The van der Waals surface area contributed by atoms with Crippen molar-refractivity contribution >= 4 is 24.1 Å². The highest BCUT2D eigenvalue weighted by Gasteiger charge is 2.23. The molecule has 102 valence electrons. The summed E-state index contributed by atoms with van der Waals surface area (Å²) in [5, 5.41) is 0. The lowest BCUT2D eigenvalue weighted by molar-refractivity contribution is 1.33. The molecule has 0 aliphatic heterocycles. The molecule has 0 saturated heterocycles. The number of halogens is 1. The van der Waals surface area contributed by atoms with Crippen LogP contribution in [-0.4, -0.2) is 4.98 Å². The molecule has 0 radical (unpaired) electrons. The average Bonchev–Trinajstić information content (AvgIpc) is 2.84. The van der Waals surface area contributed by atoms with Crippen LogP contribution >= 0.6 is 12.4 Å². The standard InChI is InChI=1S/C19H13N.ClH/c1-2-7-14(8-3-1)13-18-15-9-4-5-10-16(15)19-17(18)11-6-12-20-19;/h1-13H;1H. The molecular formula is C19H14ClN. The third kappa shape index (κ3) is 2.26. The van der Waals surface area contributed by atoms with E-state index in [-0.39, 0.29) is 12.4 Å². The number of rotatable bonds is 1. The second kappa shape index (κ2) is 5.55. The van der Waals surface area contributed by atoms with Crippen LogP contribution < -0.4 is 0 Å². The topological polar surface area (TPSA) is 12.9 Å². The van der Waals surface area contributed by atoms with Gasteiger partial charge >= 0.3 is 0 Å². The molecule has 1 nitrogen and oxygen atoms in total. The quantitative estimate of drug-likeness (QED) is 0.477. The minimum atomic E-state index is 0. The van der Waals surface area contributed by atoms with Gasteiger partial charge in [0.25, 0.3) is 0 Å². The molecule has 0 saturated carbocycles. The molecule has 0 spiro atoms. The van der Waals surface area contributed by atoms with E-state index in [9.17, 15) is 0 Å². The van der Waals surface area contributed by atoms with Crippen LogP contribution in [0.3, 0.4) is 0 Å². The van der Waals surface area contributed by atoms with Crippen molar-refractivity contribution in [3.63, 3.8) is 0 Å². The Balaban J connectivity index is 0.00000132. The highest BCUT2D eigenvalue weighted by Crippen LogP contribution is 2.43. The zero-order valence-electron chi connectivity index (χ0n) is 11.4. The SMILES string of the molecule is C(=C1c2ccccc2-c2ncccc21)c1ccccc1.Cl. The monoisotopic (exact) mass is 291 g/mol. The van der Waals surface area contributed by atoms with E-state index in [1.807, 2.05) is 18.3 Å². The molecule has 0 unspecified atom stereocenters. The molecule has 1 aliphatic rings. The molecular weight excluding hydrogens is 278 g/mol. The van der Waals surface area contributed by atoms with E-state index < -0.39 is 0 Å². The number of pyridine rings is 1. The third-order valence-corrected chi connectivity index (χ3v) is 3.68. The lowest BCUT2D eigenvalue weighted by Crippen LogP contribution is -1.82. The van der Waals surface area contributed by atoms with Crippen molar-refractivity contribution in [3.8, 4) is 11.3 Å². The van der Waals surface area contributed by atoms with Gasteiger partial charge in [-0.05, 0) is 28.8 Å². The predicted molar refractivity (Wildman–Crippen MR) is 90.3 cm³/mol. The van der Waals surface area contributed by atoms with E-state index in [1.165, 1.54) is 27.8 Å². The summed E-state index contributed by atoms with van der Waals surface area (Å²) in [7, 11) is 0. The van der Waals surface area contributed by atoms with Gasteiger partial charge in [0.15, 0.2) is 0 Å². The summed E-state index contributed by atoms with van der Waals surface area (Å²) < 4.78 is 0. The minimum Gasteiger partial charge on any atom is -0.256 e. The smallest absolute Gasteiger partial charge is 0.0786 e. The number of fused-ring (bicyclic) bond motifs is 3. The van der Waals surface area contributed by atoms with E-state index in [0.717, 1.165) is 5.69 Å². The molecule has 0 N–H and O–H groups in total. The first-order valence-corrected chi connectivity index (χ1v) is 6.75. The van der Waals surface area contributed by atoms with Gasteiger partial charge in [-0.25, -0.2) is 0 Å². The van der Waals surface area contributed by atoms with Crippen LogP contribution in [0.1, 0.15) is 16.7 Å². The first kappa shape index (κ1) is 13.6. The number of aromatic nitrogens is 1. The Morgan fingerprint density at radius 1 is 0.667 bits per heavy atom. The number of benzene rings is 2. The maximum absolute atomic E-state index is 4.55. The Kier molecular flexibility index (Phi) is 3.59. The maximum atomic E-state index is 4.55. The number of hydrogen-bond donors (Lipinski definition) is 0. The highest BCUT2D eigenvalue weighted by molar-refractivity contribution is 6.05. The first-order chi connectivity index (χ1) is 9.93. The fourth-order valence-corrected chi connectivity index (χ4v) is 2.78. The average molecular weight is 292 g/mol. The van der Waals surface area contributed by atoms with Crippen LogP contribution in [0, 0.1) is 0 Å². The molecule has 4 rings (SSSR count). The van der Waals surface area contributed by atoms with Crippen molar-refractivity contribution in [3.05, 3.63) is 89.6 Å². The molecule has 2 heteroatoms. The molecule has 3 aromatic rings. The lowest BCUT2D eigenvalue weighted by atomic mass is 10.0. The van der Waals surface area contributed by atoms with Crippen molar-refractivity contribution in [2.75, 3.05) is 0 Å². The molecule has 0 fully saturated rings.